The molecule has 9 heteroatoms. The lowest BCUT2D eigenvalue weighted by atomic mass is 10.1. The number of nitrogens with zero attached hydrogens (tertiary/aromatic N) is 5. The Hall–Kier alpha value is -3.65. The van der Waals surface area contributed by atoms with Crippen molar-refractivity contribution in [2.75, 3.05) is 42.9 Å². The van der Waals surface area contributed by atoms with E-state index in [1.165, 1.54) is 0 Å². The minimum Gasteiger partial charge on any atom is -0.353 e. The Kier molecular flexibility index (Phi) is 9.18. The highest BCUT2D eigenvalue weighted by Crippen LogP contribution is 2.26. The second kappa shape index (κ2) is 12.7. The van der Waals surface area contributed by atoms with Crippen LogP contribution in [0.15, 0.2) is 60.7 Å². The summed E-state index contributed by atoms with van der Waals surface area (Å²) in [5.41, 5.74) is 3.40. The zero-order chi connectivity index (χ0) is 27.1. The normalized spacial score (nSPS) is 14.5. The first-order valence-corrected chi connectivity index (χ1v) is 13.5. The predicted molar refractivity (Wildman–Crippen MR) is 153 cm³/mol. The zero-order valence-electron chi connectivity index (χ0n) is 22.2. The Bertz CT molecular complexity index is 1230. The molecule has 1 atom stereocenters. The SMILES string of the molecule is CCC(C)N(CC(=O)N1CCCN(c2ccc(-c3ccccc3Cl)nn2)CC1)C(=O)Nc1ccc(C)cc1. The predicted octanol–water partition coefficient (Wildman–Crippen LogP) is 5.48. The van der Waals surface area contributed by atoms with Gasteiger partial charge in [-0.2, -0.15) is 0 Å². The quantitative estimate of drug-likeness (QED) is 0.434. The molecular weight excluding hydrogens is 500 g/mol. The minimum absolute atomic E-state index is 0.0407. The van der Waals surface area contributed by atoms with Crippen LogP contribution in [0.5, 0.6) is 0 Å². The lowest BCUT2D eigenvalue weighted by molar-refractivity contribution is -0.131. The Morgan fingerprint density at radius 3 is 2.45 bits per heavy atom. The summed E-state index contributed by atoms with van der Waals surface area (Å²) < 4.78 is 0. The van der Waals surface area contributed by atoms with Gasteiger partial charge >= 0.3 is 6.03 Å². The number of aryl methyl sites for hydroxylation is 1. The molecule has 200 valence electrons. The van der Waals surface area contributed by atoms with E-state index in [4.69, 9.17) is 11.6 Å². The summed E-state index contributed by atoms with van der Waals surface area (Å²) in [6, 6.07) is 18.7. The monoisotopic (exact) mass is 534 g/mol. The lowest BCUT2D eigenvalue weighted by Crippen LogP contribution is -2.48. The third-order valence-electron chi connectivity index (χ3n) is 6.97. The molecule has 8 nitrogen and oxygen atoms in total. The number of nitrogens with one attached hydrogen (secondary N) is 1. The molecule has 0 spiro atoms. The van der Waals surface area contributed by atoms with Crippen molar-refractivity contribution in [3.8, 4) is 11.3 Å². The van der Waals surface area contributed by atoms with E-state index in [1.807, 2.05) is 86.3 Å². The first kappa shape index (κ1) is 27.4. The molecule has 2 aromatic carbocycles. The molecule has 38 heavy (non-hydrogen) atoms. The Labute approximate surface area is 229 Å². The van der Waals surface area contributed by atoms with Crippen molar-refractivity contribution in [1.82, 2.24) is 20.0 Å². The molecule has 3 amide bonds. The number of carbonyl (C=O) groups excluding carboxylic acids is 2. The third-order valence-corrected chi connectivity index (χ3v) is 7.29. The molecule has 0 radical (unpaired) electrons. The highest BCUT2D eigenvalue weighted by atomic mass is 35.5. The van der Waals surface area contributed by atoms with E-state index < -0.39 is 0 Å². The van der Waals surface area contributed by atoms with Crippen molar-refractivity contribution in [2.24, 2.45) is 0 Å². The summed E-state index contributed by atoms with van der Waals surface area (Å²) in [7, 11) is 0. The third kappa shape index (κ3) is 6.81. The zero-order valence-corrected chi connectivity index (χ0v) is 23.0. The van der Waals surface area contributed by atoms with Crippen LogP contribution in [0.3, 0.4) is 0 Å². The van der Waals surface area contributed by atoms with Gasteiger partial charge in [0.15, 0.2) is 5.82 Å². The van der Waals surface area contributed by atoms with Gasteiger partial charge in [-0.1, -0.05) is 54.4 Å². The smallest absolute Gasteiger partial charge is 0.322 e. The van der Waals surface area contributed by atoms with Gasteiger partial charge in [-0.25, -0.2) is 4.79 Å². The van der Waals surface area contributed by atoms with Crippen LogP contribution in [-0.2, 0) is 4.79 Å². The molecule has 1 unspecified atom stereocenters. The van der Waals surface area contributed by atoms with Crippen molar-refractivity contribution in [3.63, 3.8) is 0 Å². The molecule has 3 aromatic rings. The summed E-state index contributed by atoms with van der Waals surface area (Å²) in [4.78, 5) is 32.0. The molecule has 4 rings (SSSR count). The van der Waals surface area contributed by atoms with Crippen molar-refractivity contribution in [1.29, 1.82) is 0 Å². The van der Waals surface area contributed by atoms with Crippen LogP contribution in [0.25, 0.3) is 11.3 Å². The molecule has 1 aliphatic rings. The Morgan fingerprint density at radius 2 is 1.76 bits per heavy atom. The fourth-order valence-corrected chi connectivity index (χ4v) is 4.66. The van der Waals surface area contributed by atoms with Crippen molar-refractivity contribution >= 4 is 35.0 Å². The number of benzene rings is 2. The van der Waals surface area contributed by atoms with E-state index in [0.29, 0.717) is 30.3 Å². The first-order chi connectivity index (χ1) is 18.4. The molecule has 0 saturated carbocycles. The van der Waals surface area contributed by atoms with Gasteiger partial charge in [-0.05, 0) is 57.0 Å². The standard InChI is InChI=1S/C29H35ClN6O2/c1-4-22(3)36(29(38)31-23-12-10-21(2)11-13-23)20-28(37)35-17-7-16-34(18-19-35)27-15-14-26(32-33-27)24-8-5-6-9-25(24)30/h5-6,8-15,22H,4,7,16-20H2,1-3H3,(H,31,38). The minimum atomic E-state index is -0.262. The summed E-state index contributed by atoms with van der Waals surface area (Å²) in [6.07, 6.45) is 1.56. The largest absolute Gasteiger partial charge is 0.353 e. The van der Waals surface area contributed by atoms with Gasteiger partial charge < -0.3 is 20.0 Å². The fraction of sp³-hybridized carbons (Fsp3) is 0.379. The van der Waals surface area contributed by atoms with Crippen molar-refractivity contribution in [2.45, 2.75) is 39.7 Å². The number of aromatic nitrogens is 2. The average Bonchev–Trinajstić information content (AvgIpc) is 3.19. The molecule has 0 aliphatic carbocycles. The van der Waals surface area contributed by atoms with E-state index in [2.05, 4.69) is 20.4 Å². The molecule has 2 heterocycles. The highest BCUT2D eigenvalue weighted by Gasteiger charge is 2.26. The van der Waals surface area contributed by atoms with E-state index in [9.17, 15) is 9.59 Å². The average molecular weight is 535 g/mol. The number of carbonyl (C=O) groups is 2. The maximum atomic E-state index is 13.3. The van der Waals surface area contributed by atoms with Crippen LogP contribution in [0, 0.1) is 6.92 Å². The summed E-state index contributed by atoms with van der Waals surface area (Å²) in [6.45, 7) is 8.63. The van der Waals surface area contributed by atoms with Gasteiger partial charge in [-0.3, -0.25) is 4.79 Å². The van der Waals surface area contributed by atoms with Crippen LogP contribution in [-0.4, -0.2) is 70.7 Å². The van der Waals surface area contributed by atoms with Gasteiger partial charge in [0.25, 0.3) is 0 Å². The first-order valence-electron chi connectivity index (χ1n) is 13.1. The van der Waals surface area contributed by atoms with E-state index >= 15 is 0 Å². The molecule has 1 N–H and O–H groups in total. The maximum Gasteiger partial charge on any atom is 0.322 e. The second-order valence-corrected chi connectivity index (χ2v) is 10.1. The summed E-state index contributed by atoms with van der Waals surface area (Å²) in [5.74, 6) is 0.722. The van der Waals surface area contributed by atoms with E-state index in [1.54, 1.807) is 4.90 Å². The topological polar surface area (TPSA) is 81.7 Å². The van der Waals surface area contributed by atoms with Crippen LogP contribution >= 0.6 is 11.6 Å². The molecule has 1 aromatic heterocycles. The van der Waals surface area contributed by atoms with Crippen LogP contribution < -0.4 is 10.2 Å². The summed E-state index contributed by atoms with van der Waals surface area (Å²) in [5, 5.41) is 12.4. The number of hydrogen-bond donors (Lipinski definition) is 1. The van der Waals surface area contributed by atoms with Crippen LogP contribution in [0.2, 0.25) is 5.02 Å². The number of anilines is 2. The molecule has 1 saturated heterocycles. The highest BCUT2D eigenvalue weighted by molar-refractivity contribution is 6.33. The Balaban J connectivity index is 1.37. The number of amides is 3. The molecule has 1 fully saturated rings. The number of halogens is 1. The molecule has 0 bridgehead atoms. The van der Waals surface area contributed by atoms with Crippen molar-refractivity contribution in [3.05, 3.63) is 71.2 Å². The maximum absolute atomic E-state index is 13.3. The van der Waals surface area contributed by atoms with Crippen molar-refractivity contribution < 1.29 is 9.59 Å². The Morgan fingerprint density at radius 1 is 1.00 bits per heavy atom. The second-order valence-electron chi connectivity index (χ2n) is 9.66. The summed E-state index contributed by atoms with van der Waals surface area (Å²) >= 11 is 6.30. The number of urea groups is 1. The van der Waals surface area contributed by atoms with Gasteiger partial charge in [0, 0.05) is 43.5 Å². The molecule has 1 aliphatic heterocycles. The fourth-order valence-electron chi connectivity index (χ4n) is 4.43. The van der Waals surface area contributed by atoms with Gasteiger partial charge in [0.1, 0.15) is 6.54 Å². The number of hydrogen-bond acceptors (Lipinski definition) is 5. The van der Waals surface area contributed by atoms with Crippen LogP contribution in [0.1, 0.15) is 32.3 Å². The van der Waals surface area contributed by atoms with E-state index in [0.717, 1.165) is 42.0 Å². The molecular formula is C29H35ClN6O2. The van der Waals surface area contributed by atoms with Gasteiger partial charge in [0.05, 0.1) is 10.7 Å². The van der Waals surface area contributed by atoms with Gasteiger partial charge in [-0.15, -0.1) is 10.2 Å². The van der Waals surface area contributed by atoms with E-state index in [-0.39, 0.29) is 24.5 Å². The lowest BCUT2D eigenvalue weighted by Gasteiger charge is -2.31. The number of rotatable bonds is 7. The van der Waals surface area contributed by atoms with Gasteiger partial charge in [0.2, 0.25) is 5.91 Å². The van der Waals surface area contributed by atoms with Crippen LogP contribution in [0.4, 0.5) is 16.3 Å².